The van der Waals surface area contributed by atoms with Gasteiger partial charge in [0.1, 0.15) is 0 Å². The second kappa shape index (κ2) is 8.44. The van der Waals surface area contributed by atoms with Gasteiger partial charge in [-0.1, -0.05) is 31.2 Å². The van der Waals surface area contributed by atoms with Crippen molar-refractivity contribution in [2.45, 2.75) is 83.8 Å². The Hall–Kier alpha value is -1.55. The van der Waals surface area contributed by atoms with Crippen molar-refractivity contribution < 1.29 is 4.79 Å². The van der Waals surface area contributed by atoms with Gasteiger partial charge in [-0.2, -0.15) is 0 Å². The van der Waals surface area contributed by atoms with Gasteiger partial charge in [0, 0.05) is 38.3 Å². The van der Waals surface area contributed by atoms with Gasteiger partial charge in [-0.05, 0) is 74.8 Å². The molecule has 28 heavy (non-hydrogen) atoms. The molecule has 2 aliphatic heterocycles. The fourth-order valence-electron chi connectivity index (χ4n) is 5.50. The zero-order valence-corrected chi connectivity index (χ0v) is 17.8. The fraction of sp³-hybridized carbons (Fsp3) is 0.708. The largest absolute Gasteiger partial charge is 0.336 e. The van der Waals surface area contributed by atoms with E-state index in [1.165, 1.54) is 57.1 Å². The third-order valence-corrected chi connectivity index (χ3v) is 7.79. The molecule has 1 aromatic carbocycles. The molecule has 2 fully saturated rings. The normalized spacial score (nSPS) is 24.0. The molecule has 2 heterocycles. The predicted octanol–water partition coefficient (Wildman–Crippen LogP) is 4.58. The quantitative estimate of drug-likeness (QED) is 0.829. The standard InChI is InChI=1S/C24H37N3O/c1-3-19(2)25-23(28)26-16-13-24(14-17-26)11-8-22(9-12-24)27-15-10-20-6-4-5-7-21(20)18-27/h4-7,19,22H,3,8-18H2,1-2H3,(H,25,28). The molecule has 1 N–H and O–H groups in total. The van der Waals surface area contributed by atoms with Crippen LogP contribution in [0.15, 0.2) is 24.3 Å². The number of hydrogen-bond acceptors (Lipinski definition) is 2. The Bertz CT molecular complexity index is 670. The van der Waals surface area contributed by atoms with Crippen LogP contribution < -0.4 is 5.32 Å². The van der Waals surface area contributed by atoms with Crippen molar-refractivity contribution in [2.24, 2.45) is 5.41 Å². The summed E-state index contributed by atoms with van der Waals surface area (Å²) in [7, 11) is 0. The third kappa shape index (κ3) is 4.22. The molecule has 1 aliphatic carbocycles. The number of carbonyl (C=O) groups is 1. The van der Waals surface area contributed by atoms with Gasteiger partial charge in [0.2, 0.25) is 0 Å². The molecule has 1 unspecified atom stereocenters. The Balaban J connectivity index is 1.26. The summed E-state index contributed by atoms with van der Waals surface area (Å²) >= 11 is 0. The second-order valence-electron chi connectivity index (χ2n) is 9.47. The molecular formula is C24H37N3O. The summed E-state index contributed by atoms with van der Waals surface area (Å²) < 4.78 is 0. The molecule has 2 amide bonds. The Morgan fingerprint density at radius 2 is 1.79 bits per heavy atom. The van der Waals surface area contributed by atoms with Gasteiger partial charge in [-0.25, -0.2) is 4.79 Å². The summed E-state index contributed by atoms with van der Waals surface area (Å²) in [6.45, 7) is 8.43. The highest BCUT2D eigenvalue weighted by molar-refractivity contribution is 5.74. The molecule has 1 saturated heterocycles. The summed E-state index contributed by atoms with van der Waals surface area (Å²) in [6, 6.07) is 10.1. The van der Waals surface area contributed by atoms with Crippen LogP contribution in [0, 0.1) is 5.41 Å². The Morgan fingerprint density at radius 1 is 1.11 bits per heavy atom. The van der Waals surface area contributed by atoms with E-state index in [1.54, 1.807) is 5.56 Å². The molecule has 1 atom stereocenters. The monoisotopic (exact) mass is 383 g/mol. The van der Waals surface area contributed by atoms with Crippen LogP contribution in [0.3, 0.4) is 0 Å². The Labute approximate surface area is 170 Å². The first-order valence-corrected chi connectivity index (χ1v) is 11.4. The number of likely N-dealkylation sites (tertiary alicyclic amines) is 1. The molecule has 4 heteroatoms. The van der Waals surface area contributed by atoms with Gasteiger partial charge in [0.25, 0.3) is 0 Å². The van der Waals surface area contributed by atoms with Crippen molar-refractivity contribution in [1.82, 2.24) is 15.1 Å². The first-order valence-electron chi connectivity index (χ1n) is 11.4. The van der Waals surface area contributed by atoms with Crippen molar-refractivity contribution in [3.8, 4) is 0 Å². The second-order valence-corrected chi connectivity index (χ2v) is 9.47. The van der Waals surface area contributed by atoms with E-state index in [9.17, 15) is 4.79 Å². The number of hydrogen-bond donors (Lipinski definition) is 1. The highest BCUT2D eigenvalue weighted by Gasteiger charge is 2.40. The maximum Gasteiger partial charge on any atom is 0.317 e. The zero-order valence-electron chi connectivity index (χ0n) is 17.8. The van der Waals surface area contributed by atoms with Crippen LogP contribution in [-0.4, -0.2) is 47.5 Å². The molecule has 0 aromatic heterocycles. The average Bonchev–Trinajstić information content (AvgIpc) is 2.74. The molecule has 1 aromatic rings. The SMILES string of the molecule is CCC(C)NC(=O)N1CCC2(CCC(N3CCc4ccccc4C3)CC2)CC1. The van der Waals surface area contributed by atoms with E-state index in [4.69, 9.17) is 0 Å². The third-order valence-electron chi connectivity index (χ3n) is 7.79. The smallest absolute Gasteiger partial charge is 0.317 e. The lowest BCUT2D eigenvalue weighted by atomic mass is 9.66. The first kappa shape index (κ1) is 19.8. The minimum atomic E-state index is 0.143. The van der Waals surface area contributed by atoms with Crippen LogP contribution in [0.5, 0.6) is 0 Å². The van der Waals surface area contributed by atoms with Crippen molar-refractivity contribution in [2.75, 3.05) is 19.6 Å². The van der Waals surface area contributed by atoms with Crippen LogP contribution in [0.1, 0.15) is 69.9 Å². The number of piperidine rings is 1. The van der Waals surface area contributed by atoms with E-state index in [2.05, 4.69) is 48.3 Å². The predicted molar refractivity (Wildman–Crippen MR) is 114 cm³/mol. The maximum atomic E-state index is 12.4. The van der Waals surface area contributed by atoms with E-state index >= 15 is 0 Å². The van der Waals surface area contributed by atoms with Crippen molar-refractivity contribution in [1.29, 1.82) is 0 Å². The van der Waals surface area contributed by atoms with Crippen LogP contribution in [0.2, 0.25) is 0 Å². The summed E-state index contributed by atoms with van der Waals surface area (Å²) in [4.78, 5) is 17.2. The minimum Gasteiger partial charge on any atom is -0.336 e. The Kier molecular flexibility index (Phi) is 5.96. The van der Waals surface area contributed by atoms with E-state index in [0.717, 1.165) is 32.1 Å². The molecule has 1 spiro atoms. The highest BCUT2D eigenvalue weighted by atomic mass is 16.2. The number of fused-ring (bicyclic) bond motifs is 1. The molecule has 4 nitrogen and oxygen atoms in total. The number of nitrogens with zero attached hydrogens (tertiary/aromatic N) is 2. The van der Waals surface area contributed by atoms with Gasteiger partial charge in [-0.15, -0.1) is 0 Å². The van der Waals surface area contributed by atoms with Gasteiger partial charge >= 0.3 is 6.03 Å². The molecule has 154 valence electrons. The number of nitrogens with one attached hydrogen (secondary N) is 1. The lowest BCUT2D eigenvalue weighted by Crippen LogP contribution is -2.51. The lowest BCUT2D eigenvalue weighted by Gasteiger charge is -2.48. The fourth-order valence-corrected chi connectivity index (χ4v) is 5.50. The molecule has 3 aliphatic rings. The summed E-state index contributed by atoms with van der Waals surface area (Å²) in [5, 5.41) is 3.13. The van der Waals surface area contributed by atoms with Crippen molar-refractivity contribution in [3.05, 3.63) is 35.4 Å². The van der Waals surface area contributed by atoms with Crippen molar-refractivity contribution >= 4 is 6.03 Å². The number of carbonyl (C=O) groups excluding carboxylic acids is 1. The summed E-state index contributed by atoms with van der Waals surface area (Å²) in [6.07, 6.45) is 9.94. The summed E-state index contributed by atoms with van der Waals surface area (Å²) in [5.74, 6) is 0. The topological polar surface area (TPSA) is 35.6 Å². The van der Waals surface area contributed by atoms with E-state index < -0.39 is 0 Å². The number of urea groups is 1. The number of benzene rings is 1. The van der Waals surface area contributed by atoms with Crippen LogP contribution in [0.4, 0.5) is 4.79 Å². The van der Waals surface area contributed by atoms with Crippen LogP contribution >= 0.6 is 0 Å². The van der Waals surface area contributed by atoms with E-state index in [-0.39, 0.29) is 12.1 Å². The van der Waals surface area contributed by atoms with Gasteiger partial charge in [-0.3, -0.25) is 4.90 Å². The number of amides is 2. The zero-order chi connectivity index (χ0) is 19.6. The maximum absolute atomic E-state index is 12.4. The lowest BCUT2D eigenvalue weighted by molar-refractivity contribution is 0.0372. The van der Waals surface area contributed by atoms with Crippen molar-refractivity contribution in [3.63, 3.8) is 0 Å². The highest BCUT2D eigenvalue weighted by Crippen LogP contribution is 2.46. The van der Waals surface area contributed by atoms with Gasteiger partial charge in [0.15, 0.2) is 0 Å². The Morgan fingerprint density at radius 3 is 2.46 bits per heavy atom. The molecule has 1 saturated carbocycles. The van der Waals surface area contributed by atoms with E-state index in [1.807, 2.05) is 4.90 Å². The molecule has 4 rings (SSSR count). The first-order chi connectivity index (χ1) is 13.6. The molecule has 0 radical (unpaired) electrons. The molecule has 0 bridgehead atoms. The van der Waals surface area contributed by atoms with Crippen LogP contribution in [0.25, 0.3) is 0 Å². The average molecular weight is 384 g/mol. The number of rotatable bonds is 3. The summed E-state index contributed by atoms with van der Waals surface area (Å²) in [5.41, 5.74) is 3.58. The van der Waals surface area contributed by atoms with Gasteiger partial charge < -0.3 is 10.2 Å². The van der Waals surface area contributed by atoms with Crippen LogP contribution in [-0.2, 0) is 13.0 Å². The minimum absolute atomic E-state index is 0.143. The van der Waals surface area contributed by atoms with E-state index in [0.29, 0.717) is 5.41 Å². The molecular weight excluding hydrogens is 346 g/mol. The van der Waals surface area contributed by atoms with Gasteiger partial charge in [0.05, 0.1) is 0 Å².